The van der Waals surface area contributed by atoms with Crippen molar-refractivity contribution in [2.75, 3.05) is 11.9 Å². The van der Waals surface area contributed by atoms with Gasteiger partial charge in [-0.05, 0) is 12.1 Å². The molecule has 0 aliphatic heterocycles. The lowest BCUT2D eigenvalue weighted by Gasteiger charge is -2.18. The Labute approximate surface area is 129 Å². The zero-order chi connectivity index (χ0) is 15.9. The highest BCUT2D eigenvalue weighted by atomic mass is 16.1. The Morgan fingerprint density at radius 2 is 1.91 bits per heavy atom. The number of hydrogen-bond donors (Lipinski definition) is 0. The standard InChI is InChI=1S/C14H13N5O.C2H6/c1-18(12-5-3-2-4-6-12)14-16-10-15-13-11(7-8-20)9-17-19(13)14;1-2/h2-6,8-10H,7H2,1H3;1-2H3. The molecule has 2 aromatic heterocycles. The number of hydrogen-bond acceptors (Lipinski definition) is 5. The Hall–Kier alpha value is -2.76. The van der Waals surface area contributed by atoms with Gasteiger partial charge in [-0.2, -0.15) is 9.61 Å². The Bertz CT molecular complexity index is 739. The van der Waals surface area contributed by atoms with Crippen molar-refractivity contribution in [3.8, 4) is 0 Å². The summed E-state index contributed by atoms with van der Waals surface area (Å²) in [6.45, 7) is 4.00. The zero-order valence-corrected chi connectivity index (χ0v) is 13.0. The molecule has 3 aromatic rings. The Kier molecular flexibility index (Phi) is 5.19. The van der Waals surface area contributed by atoms with Gasteiger partial charge < -0.3 is 9.69 Å². The number of anilines is 2. The van der Waals surface area contributed by atoms with Crippen LogP contribution in [0, 0.1) is 0 Å². The van der Waals surface area contributed by atoms with Crippen LogP contribution in [0.5, 0.6) is 0 Å². The number of carbonyl (C=O) groups is 1. The summed E-state index contributed by atoms with van der Waals surface area (Å²) in [5.74, 6) is 0.651. The minimum atomic E-state index is 0.301. The first-order chi connectivity index (χ1) is 10.8. The second kappa shape index (κ2) is 7.31. The molecule has 0 bridgehead atoms. The number of carbonyl (C=O) groups excluding carboxylic acids is 1. The molecule has 22 heavy (non-hydrogen) atoms. The van der Waals surface area contributed by atoms with Crippen LogP contribution in [0.25, 0.3) is 5.65 Å². The van der Waals surface area contributed by atoms with Gasteiger partial charge >= 0.3 is 0 Å². The van der Waals surface area contributed by atoms with Crippen LogP contribution in [0.2, 0.25) is 0 Å². The molecule has 0 saturated carbocycles. The normalized spacial score (nSPS) is 9.95. The van der Waals surface area contributed by atoms with Gasteiger partial charge in [0, 0.05) is 24.7 Å². The summed E-state index contributed by atoms with van der Waals surface area (Å²) < 4.78 is 1.64. The second-order valence-corrected chi connectivity index (χ2v) is 4.34. The van der Waals surface area contributed by atoms with E-state index in [0.717, 1.165) is 17.5 Å². The molecule has 0 aliphatic carbocycles. The lowest BCUT2D eigenvalue weighted by atomic mass is 10.3. The van der Waals surface area contributed by atoms with Gasteiger partial charge in [0.25, 0.3) is 0 Å². The molecule has 0 fully saturated rings. The van der Waals surface area contributed by atoms with Gasteiger partial charge in [-0.3, -0.25) is 0 Å². The minimum Gasteiger partial charge on any atom is -0.313 e. The fourth-order valence-corrected chi connectivity index (χ4v) is 2.08. The Balaban J connectivity index is 0.000000847. The minimum absolute atomic E-state index is 0.301. The number of para-hydroxylation sites is 1. The quantitative estimate of drug-likeness (QED) is 0.693. The van der Waals surface area contributed by atoms with Crippen molar-refractivity contribution in [3.05, 3.63) is 48.4 Å². The van der Waals surface area contributed by atoms with Crippen molar-refractivity contribution in [2.45, 2.75) is 20.3 Å². The molecule has 0 saturated heterocycles. The van der Waals surface area contributed by atoms with E-state index < -0.39 is 0 Å². The van der Waals surface area contributed by atoms with E-state index in [1.807, 2.05) is 56.1 Å². The molecule has 0 radical (unpaired) electrons. The molecular weight excluding hydrogens is 278 g/mol. The molecule has 1 aromatic carbocycles. The van der Waals surface area contributed by atoms with Crippen molar-refractivity contribution < 1.29 is 4.79 Å². The van der Waals surface area contributed by atoms with E-state index in [1.54, 1.807) is 10.7 Å². The summed E-state index contributed by atoms with van der Waals surface area (Å²) in [4.78, 5) is 21.1. The van der Waals surface area contributed by atoms with E-state index in [4.69, 9.17) is 0 Å². The molecule has 6 heteroatoms. The molecule has 0 spiro atoms. The second-order valence-electron chi connectivity index (χ2n) is 4.34. The Morgan fingerprint density at radius 1 is 1.18 bits per heavy atom. The Morgan fingerprint density at radius 3 is 2.59 bits per heavy atom. The van der Waals surface area contributed by atoms with Gasteiger partial charge in [-0.25, -0.2) is 9.97 Å². The summed E-state index contributed by atoms with van der Waals surface area (Å²) in [6, 6.07) is 9.87. The number of benzene rings is 1. The smallest absolute Gasteiger partial charge is 0.234 e. The monoisotopic (exact) mass is 297 g/mol. The number of aromatic nitrogens is 4. The van der Waals surface area contributed by atoms with Gasteiger partial charge in [-0.1, -0.05) is 32.0 Å². The predicted molar refractivity (Wildman–Crippen MR) is 86.4 cm³/mol. The first-order valence-corrected chi connectivity index (χ1v) is 7.21. The van der Waals surface area contributed by atoms with Gasteiger partial charge in [0.1, 0.15) is 12.6 Å². The van der Waals surface area contributed by atoms with E-state index in [-0.39, 0.29) is 0 Å². The van der Waals surface area contributed by atoms with Crippen LogP contribution >= 0.6 is 0 Å². The highest BCUT2D eigenvalue weighted by Gasteiger charge is 2.13. The first kappa shape index (κ1) is 15.6. The number of nitrogens with zero attached hydrogens (tertiary/aromatic N) is 5. The summed E-state index contributed by atoms with van der Waals surface area (Å²) in [6.07, 6.45) is 4.29. The fourth-order valence-electron chi connectivity index (χ4n) is 2.08. The van der Waals surface area contributed by atoms with E-state index in [0.29, 0.717) is 18.0 Å². The average molecular weight is 297 g/mol. The third-order valence-electron chi connectivity index (χ3n) is 3.11. The topological polar surface area (TPSA) is 63.4 Å². The van der Waals surface area contributed by atoms with Crippen LogP contribution in [0.3, 0.4) is 0 Å². The fraction of sp³-hybridized carbons (Fsp3) is 0.250. The highest BCUT2D eigenvalue weighted by molar-refractivity contribution is 5.64. The van der Waals surface area contributed by atoms with Crippen LogP contribution < -0.4 is 4.90 Å². The van der Waals surface area contributed by atoms with E-state index >= 15 is 0 Å². The maximum absolute atomic E-state index is 10.7. The summed E-state index contributed by atoms with van der Waals surface area (Å²) in [5.41, 5.74) is 2.45. The lowest BCUT2D eigenvalue weighted by molar-refractivity contribution is -0.107. The van der Waals surface area contributed by atoms with Crippen LogP contribution in [0.4, 0.5) is 11.6 Å². The van der Waals surface area contributed by atoms with Crippen molar-refractivity contribution in [3.63, 3.8) is 0 Å². The first-order valence-electron chi connectivity index (χ1n) is 7.21. The molecule has 6 nitrogen and oxygen atoms in total. The van der Waals surface area contributed by atoms with E-state index in [1.165, 1.54) is 6.33 Å². The van der Waals surface area contributed by atoms with Crippen LogP contribution in [-0.4, -0.2) is 32.9 Å². The van der Waals surface area contributed by atoms with Gasteiger partial charge in [0.05, 0.1) is 6.20 Å². The largest absolute Gasteiger partial charge is 0.313 e. The maximum Gasteiger partial charge on any atom is 0.234 e. The van der Waals surface area contributed by atoms with E-state index in [2.05, 4.69) is 15.1 Å². The van der Waals surface area contributed by atoms with Crippen LogP contribution in [-0.2, 0) is 11.2 Å². The van der Waals surface area contributed by atoms with Gasteiger partial charge in [-0.15, -0.1) is 0 Å². The average Bonchev–Trinajstić information content (AvgIpc) is 3.00. The number of fused-ring (bicyclic) bond motifs is 1. The molecule has 2 heterocycles. The van der Waals surface area contributed by atoms with E-state index in [9.17, 15) is 4.79 Å². The van der Waals surface area contributed by atoms with Crippen LogP contribution in [0.1, 0.15) is 19.4 Å². The molecule has 0 atom stereocenters. The molecule has 114 valence electrons. The van der Waals surface area contributed by atoms with Gasteiger partial charge in [0.2, 0.25) is 5.95 Å². The summed E-state index contributed by atoms with van der Waals surface area (Å²) in [7, 11) is 1.91. The van der Waals surface area contributed by atoms with Crippen molar-refractivity contribution in [1.82, 2.24) is 19.6 Å². The molecule has 0 unspecified atom stereocenters. The molecule has 3 rings (SSSR count). The molecular formula is C16H19N5O. The highest BCUT2D eigenvalue weighted by Crippen LogP contribution is 2.21. The third-order valence-corrected chi connectivity index (χ3v) is 3.11. The number of rotatable bonds is 4. The third kappa shape index (κ3) is 2.95. The van der Waals surface area contributed by atoms with Crippen molar-refractivity contribution >= 4 is 23.6 Å². The molecule has 0 aliphatic rings. The molecule has 0 amide bonds. The summed E-state index contributed by atoms with van der Waals surface area (Å²) in [5, 5.41) is 4.27. The lowest BCUT2D eigenvalue weighted by Crippen LogP contribution is -2.16. The number of aldehydes is 1. The summed E-state index contributed by atoms with van der Waals surface area (Å²) >= 11 is 0. The van der Waals surface area contributed by atoms with Crippen molar-refractivity contribution in [1.29, 1.82) is 0 Å². The van der Waals surface area contributed by atoms with Gasteiger partial charge in [0.15, 0.2) is 5.65 Å². The zero-order valence-electron chi connectivity index (χ0n) is 13.0. The predicted octanol–water partition coefficient (Wildman–Crippen LogP) is 2.66. The van der Waals surface area contributed by atoms with Crippen LogP contribution in [0.15, 0.2) is 42.9 Å². The van der Waals surface area contributed by atoms with Crippen molar-refractivity contribution in [2.24, 2.45) is 0 Å². The maximum atomic E-state index is 10.7. The SMILES string of the molecule is CC.CN(c1ccccc1)c1ncnc2c(CC=O)cnn12. The molecule has 0 N–H and O–H groups in total.